The van der Waals surface area contributed by atoms with Gasteiger partial charge in [-0.25, -0.2) is 0 Å². The first-order chi connectivity index (χ1) is 9.60. The molecule has 1 amide bonds. The van der Waals surface area contributed by atoms with E-state index in [1.54, 1.807) is 0 Å². The summed E-state index contributed by atoms with van der Waals surface area (Å²) in [6.45, 7) is 3.26. The monoisotopic (exact) mass is 380 g/mol. The molecule has 0 bridgehead atoms. The molecule has 0 atom stereocenters. The number of anilines is 1. The summed E-state index contributed by atoms with van der Waals surface area (Å²) in [6, 6.07) is 15.3. The van der Waals surface area contributed by atoms with Crippen molar-refractivity contribution in [1.82, 2.24) is 4.90 Å². The zero-order valence-corrected chi connectivity index (χ0v) is 13.5. The second-order valence-electron chi connectivity index (χ2n) is 4.57. The second kappa shape index (κ2) is 6.74. The fraction of sp³-hybridized carbons (Fsp3) is 0.188. The minimum Gasteiger partial charge on any atom is -0.399 e. The molecule has 4 heteroatoms. The Labute approximate surface area is 132 Å². The molecule has 104 valence electrons. The highest BCUT2D eigenvalue weighted by Gasteiger charge is 2.14. The van der Waals surface area contributed by atoms with Crippen LogP contribution in [-0.2, 0) is 6.54 Å². The number of nitrogens with zero attached hydrogens (tertiary/aromatic N) is 1. The van der Waals surface area contributed by atoms with Crippen LogP contribution in [0.2, 0.25) is 0 Å². The van der Waals surface area contributed by atoms with Crippen molar-refractivity contribution in [3.05, 3.63) is 63.2 Å². The molecule has 0 heterocycles. The van der Waals surface area contributed by atoms with Crippen LogP contribution in [0.1, 0.15) is 22.8 Å². The van der Waals surface area contributed by atoms with Gasteiger partial charge in [0.25, 0.3) is 5.91 Å². The fourth-order valence-electron chi connectivity index (χ4n) is 1.97. The van der Waals surface area contributed by atoms with Crippen molar-refractivity contribution < 1.29 is 4.79 Å². The Kier molecular flexibility index (Phi) is 5.00. The fourth-order valence-corrected chi connectivity index (χ4v) is 2.52. The van der Waals surface area contributed by atoms with Crippen LogP contribution in [0.4, 0.5) is 5.69 Å². The highest BCUT2D eigenvalue weighted by molar-refractivity contribution is 14.1. The third kappa shape index (κ3) is 3.72. The molecule has 0 aromatic heterocycles. The Morgan fingerprint density at radius 2 is 1.90 bits per heavy atom. The van der Waals surface area contributed by atoms with E-state index in [-0.39, 0.29) is 5.91 Å². The zero-order valence-electron chi connectivity index (χ0n) is 11.3. The van der Waals surface area contributed by atoms with Crippen LogP contribution < -0.4 is 5.73 Å². The minimum absolute atomic E-state index is 0.0582. The van der Waals surface area contributed by atoms with Crippen LogP contribution in [-0.4, -0.2) is 17.4 Å². The lowest BCUT2D eigenvalue weighted by Crippen LogP contribution is -2.30. The van der Waals surface area contributed by atoms with Gasteiger partial charge in [0.1, 0.15) is 0 Å². The standard InChI is InChI=1S/C16H17IN2O/c1-2-19(11-12-6-8-15(18)9-7-12)16(20)13-4-3-5-14(17)10-13/h3-10H,2,11,18H2,1H3. The van der Waals surface area contributed by atoms with E-state index in [0.29, 0.717) is 13.1 Å². The smallest absolute Gasteiger partial charge is 0.254 e. The number of nitrogen functional groups attached to an aromatic ring is 1. The van der Waals surface area contributed by atoms with E-state index in [4.69, 9.17) is 5.73 Å². The van der Waals surface area contributed by atoms with Crippen LogP contribution in [0.5, 0.6) is 0 Å². The number of carbonyl (C=O) groups excluding carboxylic acids is 1. The van der Waals surface area contributed by atoms with Crippen LogP contribution in [0.15, 0.2) is 48.5 Å². The molecule has 0 unspecified atom stereocenters. The van der Waals surface area contributed by atoms with Gasteiger partial charge in [-0.2, -0.15) is 0 Å². The average molecular weight is 380 g/mol. The van der Waals surface area contributed by atoms with Gasteiger partial charge in [-0.1, -0.05) is 18.2 Å². The van der Waals surface area contributed by atoms with E-state index in [1.165, 1.54) is 0 Å². The molecule has 0 saturated heterocycles. The van der Waals surface area contributed by atoms with Crippen LogP contribution >= 0.6 is 22.6 Å². The van der Waals surface area contributed by atoms with Gasteiger partial charge in [-0.3, -0.25) is 4.79 Å². The molecule has 2 rings (SSSR count). The minimum atomic E-state index is 0.0582. The van der Waals surface area contributed by atoms with E-state index in [9.17, 15) is 4.79 Å². The van der Waals surface area contributed by atoms with Crippen molar-refractivity contribution in [1.29, 1.82) is 0 Å². The quantitative estimate of drug-likeness (QED) is 0.652. The maximum absolute atomic E-state index is 12.5. The number of benzene rings is 2. The van der Waals surface area contributed by atoms with E-state index in [2.05, 4.69) is 22.6 Å². The number of rotatable bonds is 4. The average Bonchev–Trinajstić information content (AvgIpc) is 2.46. The van der Waals surface area contributed by atoms with Crippen molar-refractivity contribution in [2.24, 2.45) is 0 Å². The maximum Gasteiger partial charge on any atom is 0.254 e. The lowest BCUT2D eigenvalue weighted by molar-refractivity contribution is 0.0752. The topological polar surface area (TPSA) is 46.3 Å². The summed E-state index contributed by atoms with van der Waals surface area (Å²) in [5.74, 6) is 0.0582. The Bertz CT molecular complexity index is 596. The Hall–Kier alpha value is -1.56. The third-order valence-corrected chi connectivity index (χ3v) is 3.76. The number of carbonyl (C=O) groups is 1. The van der Waals surface area contributed by atoms with Gasteiger partial charge in [-0.05, 0) is 65.4 Å². The van der Waals surface area contributed by atoms with Gasteiger partial charge in [-0.15, -0.1) is 0 Å². The van der Waals surface area contributed by atoms with E-state index in [0.717, 1.165) is 20.4 Å². The summed E-state index contributed by atoms with van der Waals surface area (Å²) in [5, 5.41) is 0. The molecule has 2 N–H and O–H groups in total. The summed E-state index contributed by atoms with van der Waals surface area (Å²) in [4.78, 5) is 14.3. The lowest BCUT2D eigenvalue weighted by Gasteiger charge is -2.21. The predicted molar refractivity (Wildman–Crippen MR) is 90.4 cm³/mol. The summed E-state index contributed by atoms with van der Waals surface area (Å²) in [7, 11) is 0. The Morgan fingerprint density at radius 3 is 2.50 bits per heavy atom. The van der Waals surface area contributed by atoms with Crippen LogP contribution in [0, 0.1) is 3.57 Å². The van der Waals surface area contributed by atoms with Crippen molar-refractivity contribution in [2.45, 2.75) is 13.5 Å². The van der Waals surface area contributed by atoms with Crippen LogP contribution in [0.3, 0.4) is 0 Å². The number of amides is 1. The first-order valence-electron chi connectivity index (χ1n) is 6.49. The molecule has 0 saturated carbocycles. The molecule has 3 nitrogen and oxygen atoms in total. The summed E-state index contributed by atoms with van der Waals surface area (Å²) in [5.41, 5.74) is 8.23. The summed E-state index contributed by atoms with van der Waals surface area (Å²) >= 11 is 2.22. The van der Waals surface area contributed by atoms with E-state index < -0.39 is 0 Å². The highest BCUT2D eigenvalue weighted by atomic mass is 127. The van der Waals surface area contributed by atoms with E-state index >= 15 is 0 Å². The zero-order chi connectivity index (χ0) is 14.5. The number of halogens is 1. The van der Waals surface area contributed by atoms with Gasteiger partial charge in [0.15, 0.2) is 0 Å². The predicted octanol–water partition coefficient (Wildman–Crippen LogP) is 3.54. The molecule has 0 fully saturated rings. The Morgan fingerprint density at radius 1 is 1.20 bits per heavy atom. The molecule has 0 spiro atoms. The Balaban J connectivity index is 2.15. The van der Waals surface area contributed by atoms with Crippen molar-refractivity contribution >= 4 is 34.2 Å². The van der Waals surface area contributed by atoms with E-state index in [1.807, 2.05) is 60.4 Å². The number of hydrogen-bond donors (Lipinski definition) is 1. The lowest BCUT2D eigenvalue weighted by atomic mass is 10.1. The molecule has 0 radical (unpaired) electrons. The highest BCUT2D eigenvalue weighted by Crippen LogP contribution is 2.14. The van der Waals surface area contributed by atoms with Crippen LogP contribution in [0.25, 0.3) is 0 Å². The largest absolute Gasteiger partial charge is 0.399 e. The molecule has 0 aliphatic rings. The first kappa shape index (κ1) is 14.8. The van der Waals surface area contributed by atoms with Gasteiger partial charge in [0.2, 0.25) is 0 Å². The molecule has 2 aromatic carbocycles. The number of hydrogen-bond acceptors (Lipinski definition) is 2. The molecular formula is C16H17IN2O. The van der Waals surface area contributed by atoms with Gasteiger partial charge in [0.05, 0.1) is 0 Å². The van der Waals surface area contributed by atoms with Gasteiger partial charge < -0.3 is 10.6 Å². The summed E-state index contributed by atoms with van der Waals surface area (Å²) < 4.78 is 1.07. The molecule has 0 aliphatic carbocycles. The normalized spacial score (nSPS) is 10.3. The van der Waals surface area contributed by atoms with Gasteiger partial charge in [0, 0.05) is 27.9 Å². The molecular weight excluding hydrogens is 363 g/mol. The van der Waals surface area contributed by atoms with Crippen molar-refractivity contribution in [3.8, 4) is 0 Å². The van der Waals surface area contributed by atoms with Crippen molar-refractivity contribution in [2.75, 3.05) is 12.3 Å². The maximum atomic E-state index is 12.5. The van der Waals surface area contributed by atoms with Crippen molar-refractivity contribution in [3.63, 3.8) is 0 Å². The second-order valence-corrected chi connectivity index (χ2v) is 5.82. The van der Waals surface area contributed by atoms with Gasteiger partial charge >= 0.3 is 0 Å². The first-order valence-corrected chi connectivity index (χ1v) is 7.57. The molecule has 20 heavy (non-hydrogen) atoms. The number of nitrogens with two attached hydrogens (primary N) is 1. The summed E-state index contributed by atoms with van der Waals surface area (Å²) in [6.07, 6.45) is 0. The molecule has 2 aromatic rings. The SMILES string of the molecule is CCN(Cc1ccc(N)cc1)C(=O)c1cccc(I)c1. The third-order valence-electron chi connectivity index (χ3n) is 3.09. The molecule has 0 aliphatic heterocycles.